The Morgan fingerprint density at radius 1 is 1.22 bits per heavy atom. The van der Waals surface area contributed by atoms with E-state index in [1.54, 1.807) is 0 Å². The minimum Gasteiger partial charge on any atom is -0.359 e. The van der Waals surface area contributed by atoms with Crippen LogP contribution in [0.15, 0.2) is 30.3 Å². The van der Waals surface area contributed by atoms with Crippen LogP contribution in [0.4, 0.5) is 0 Å². The Morgan fingerprint density at radius 2 is 1.96 bits per heavy atom. The van der Waals surface area contributed by atoms with Crippen LogP contribution in [-0.4, -0.2) is 30.2 Å². The highest BCUT2D eigenvalue weighted by Gasteiger charge is 2.33. The van der Waals surface area contributed by atoms with E-state index in [9.17, 15) is 4.79 Å². The molecule has 1 heterocycles. The second-order valence-corrected chi connectivity index (χ2v) is 7.29. The highest BCUT2D eigenvalue weighted by Crippen LogP contribution is 2.30. The highest BCUT2D eigenvalue weighted by atomic mass is 16.5. The predicted octanol–water partition coefficient (Wildman–Crippen LogP) is 4.02. The van der Waals surface area contributed by atoms with Gasteiger partial charge in [0, 0.05) is 5.92 Å². The molecular formula is C20H29NO2. The van der Waals surface area contributed by atoms with Crippen molar-refractivity contribution in [2.45, 2.75) is 57.9 Å². The topological polar surface area (TPSA) is 29.5 Å². The fraction of sp³-hybridized carbons (Fsp3) is 0.650. The van der Waals surface area contributed by atoms with Gasteiger partial charge in [-0.3, -0.25) is 4.79 Å². The lowest BCUT2D eigenvalue weighted by molar-refractivity contribution is -0.137. The molecule has 1 saturated heterocycles. The van der Waals surface area contributed by atoms with Gasteiger partial charge >= 0.3 is 0 Å². The molecule has 1 amide bonds. The van der Waals surface area contributed by atoms with E-state index in [4.69, 9.17) is 4.74 Å². The van der Waals surface area contributed by atoms with Crippen molar-refractivity contribution in [3.8, 4) is 0 Å². The molecule has 1 aliphatic heterocycles. The smallest absolute Gasteiger partial charge is 0.227 e. The maximum absolute atomic E-state index is 12.9. The Balaban J connectivity index is 1.56. The number of carbonyl (C=O) groups excluding carboxylic acids is 1. The van der Waals surface area contributed by atoms with Gasteiger partial charge in [-0.2, -0.15) is 0 Å². The molecule has 1 saturated carbocycles. The molecule has 23 heavy (non-hydrogen) atoms. The van der Waals surface area contributed by atoms with Crippen molar-refractivity contribution in [2.75, 3.05) is 13.3 Å². The average molecular weight is 315 g/mol. The molecule has 1 aromatic carbocycles. The minimum atomic E-state index is 0.123. The summed E-state index contributed by atoms with van der Waals surface area (Å²) >= 11 is 0. The fourth-order valence-corrected chi connectivity index (χ4v) is 4.09. The molecule has 126 valence electrons. The average Bonchev–Trinajstić information content (AvgIpc) is 3.04. The molecule has 2 aliphatic rings. The summed E-state index contributed by atoms with van der Waals surface area (Å²) in [7, 11) is 0. The number of carbonyl (C=O) groups is 1. The second-order valence-electron chi connectivity index (χ2n) is 7.29. The maximum atomic E-state index is 12.9. The molecule has 3 rings (SSSR count). The molecule has 2 fully saturated rings. The van der Waals surface area contributed by atoms with E-state index in [-0.39, 0.29) is 17.9 Å². The summed E-state index contributed by atoms with van der Waals surface area (Å²) in [4.78, 5) is 14.8. The molecule has 0 bridgehead atoms. The zero-order chi connectivity index (χ0) is 16.1. The fourth-order valence-electron chi connectivity index (χ4n) is 4.09. The van der Waals surface area contributed by atoms with Crippen LogP contribution in [0.3, 0.4) is 0 Å². The van der Waals surface area contributed by atoms with Crippen LogP contribution in [-0.2, 0) is 16.0 Å². The van der Waals surface area contributed by atoms with Crippen molar-refractivity contribution < 1.29 is 9.53 Å². The molecule has 0 spiro atoms. The van der Waals surface area contributed by atoms with Crippen LogP contribution < -0.4 is 0 Å². The first kappa shape index (κ1) is 16.5. The van der Waals surface area contributed by atoms with Crippen LogP contribution in [0.5, 0.6) is 0 Å². The molecule has 0 aromatic heterocycles. The van der Waals surface area contributed by atoms with Crippen molar-refractivity contribution in [1.29, 1.82) is 0 Å². The molecule has 0 radical (unpaired) electrons. The summed E-state index contributed by atoms with van der Waals surface area (Å²) in [6.45, 7) is 3.23. The van der Waals surface area contributed by atoms with Crippen LogP contribution in [0.25, 0.3) is 0 Å². The molecule has 2 atom stereocenters. The third-order valence-electron chi connectivity index (χ3n) is 5.41. The summed E-state index contributed by atoms with van der Waals surface area (Å²) < 4.78 is 5.61. The van der Waals surface area contributed by atoms with Gasteiger partial charge in [-0.1, -0.05) is 69.4 Å². The Bertz CT molecular complexity index is 496. The number of ether oxygens (including phenoxy) is 1. The normalized spacial score (nSPS) is 23.9. The number of rotatable bonds is 5. The van der Waals surface area contributed by atoms with E-state index in [1.807, 2.05) is 11.0 Å². The highest BCUT2D eigenvalue weighted by molar-refractivity contribution is 5.79. The Labute approximate surface area is 140 Å². The van der Waals surface area contributed by atoms with E-state index in [2.05, 4.69) is 31.2 Å². The zero-order valence-electron chi connectivity index (χ0n) is 14.2. The van der Waals surface area contributed by atoms with Crippen molar-refractivity contribution in [3.05, 3.63) is 35.9 Å². The quantitative estimate of drug-likeness (QED) is 0.821. The van der Waals surface area contributed by atoms with Crippen molar-refractivity contribution in [2.24, 2.45) is 11.8 Å². The monoisotopic (exact) mass is 315 g/mol. The predicted molar refractivity (Wildman–Crippen MR) is 92.0 cm³/mol. The van der Waals surface area contributed by atoms with Crippen LogP contribution in [0.1, 0.15) is 51.0 Å². The van der Waals surface area contributed by atoms with Gasteiger partial charge < -0.3 is 9.64 Å². The minimum absolute atomic E-state index is 0.123. The Morgan fingerprint density at radius 3 is 2.70 bits per heavy atom. The summed E-state index contributed by atoms with van der Waals surface area (Å²) in [6.07, 6.45) is 8.61. The van der Waals surface area contributed by atoms with Crippen molar-refractivity contribution >= 4 is 5.91 Å². The van der Waals surface area contributed by atoms with E-state index in [0.29, 0.717) is 13.3 Å². The zero-order valence-corrected chi connectivity index (χ0v) is 14.2. The Kier molecular flexibility index (Phi) is 5.71. The number of hydrogen-bond donors (Lipinski definition) is 0. The Hall–Kier alpha value is -1.35. The number of nitrogens with zero attached hydrogens (tertiary/aromatic N) is 1. The van der Waals surface area contributed by atoms with E-state index < -0.39 is 0 Å². The summed E-state index contributed by atoms with van der Waals surface area (Å²) in [5.74, 6) is 1.16. The largest absolute Gasteiger partial charge is 0.359 e. The molecule has 1 aliphatic carbocycles. The summed E-state index contributed by atoms with van der Waals surface area (Å²) in [5, 5.41) is 0. The third kappa shape index (κ3) is 4.35. The van der Waals surface area contributed by atoms with E-state index >= 15 is 0 Å². The lowest BCUT2D eigenvalue weighted by atomic mass is 9.83. The standard InChI is InChI=1S/C20H29NO2/c1-16(12-17-8-4-2-5-9-17)20(22)21-15-23-14-19(21)13-18-10-6-3-7-11-18/h3,6-7,10-11,16-17,19H,2,4-5,8-9,12-15H2,1H3/t16-,19-/m1/s1. The summed E-state index contributed by atoms with van der Waals surface area (Å²) in [6, 6.07) is 10.6. The van der Waals surface area contributed by atoms with Crippen molar-refractivity contribution in [1.82, 2.24) is 4.90 Å². The molecule has 0 N–H and O–H groups in total. The van der Waals surface area contributed by atoms with Gasteiger partial charge in [0.25, 0.3) is 0 Å². The van der Waals surface area contributed by atoms with Gasteiger partial charge in [0.05, 0.1) is 12.6 Å². The van der Waals surface area contributed by atoms with Crippen LogP contribution >= 0.6 is 0 Å². The number of benzene rings is 1. The number of hydrogen-bond acceptors (Lipinski definition) is 2. The molecular weight excluding hydrogens is 286 g/mol. The molecule has 1 aromatic rings. The lowest BCUT2D eigenvalue weighted by Crippen LogP contribution is -2.41. The SMILES string of the molecule is C[C@H](CC1CCCCC1)C(=O)N1COC[C@H]1Cc1ccccc1. The number of amides is 1. The lowest BCUT2D eigenvalue weighted by Gasteiger charge is -2.29. The first-order chi connectivity index (χ1) is 11.2. The van der Waals surface area contributed by atoms with Gasteiger partial charge in [0.15, 0.2) is 0 Å². The van der Waals surface area contributed by atoms with E-state index in [0.717, 1.165) is 18.8 Å². The van der Waals surface area contributed by atoms with Gasteiger partial charge in [-0.15, -0.1) is 0 Å². The van der Waals surface area contributed by atoms with Crippen LogP contribution in [0, 0.1) is 11.8 Å². The third-order valence-corrected chi connectivity index (χ3v) is 5.41. The van der Waals surface area contributed by atoms with Gasteiger partial charge in [0.1, 0.15) is 6.73 Å². The first-order valence-corrected chi connectivity index (χ1v) is 9.16. The first-order valence-electron chi connectivity index (χ1n) is 9.16. The molecule has 3 heteroatoms. The second kappa shape index (κ2) is 7.96. The summed E-state index contributed by atoms with van der Waals surface area (Å²) in [5.41, 5.74) is 1.28. The van der Waals surface area contributed by atoms with Crippen molar-refractivity contribution in [3.63, 3.8) is 0 Å². The molecule has 0 unspecified atom stereocenters. The van der Waals surface area contributed by atoms with Gasteiger partial charge in [0.2, 0.25) is 5.91 Å². The molecule has 3 nitrogen and oxygen atoms in total. The van der Waals surface area contributed by atoms with Gasteiger partial charge in [-0.25, -0.2) is 0 Å². The van der Waals surface area contributed by atoms with Gasteiger partial charge in [-0.05, 0) is 24.3 Å². The maximum Gasteiger partial charge on any atom is 0.227 e. The van der Waals surface area contributed by atoms with E-state index in [1.165, 1.54) is 37.7 Å². The van der Waals surface area contributed by atoms with Crippen LogP contribution in [0.2, 0.25) is 0 Å².